The van der Waals surface area contributed by atoms with E-state index >= 15 is 0 Å². The molecule has 0 atom stereocenters. The molecule has 4 nitrogen and oxygen atoms in total. The number of anilines is 1. The summed E-state index contributed by atoms with van der Waals surface area (Å²) in [5.41, 5.74) is 0.675. The summed E-state index contributed by atoms with van der Waals surface area (Å²) in [4.78, 5) is 14.5. The van der Waals surface area contributed by atoms with Crippen LogP contribution in [0.15, 0.2) is 99.6 Å². The van der Waals surface area contributed by atoms with Gasteiger partial charge in [-0.25, -0.2) is 8.42 Å². The van der Waals surface area contributed by atoms with E-state index in [0.717, 1.165) is 9.79 Å². The third kappa shape index (κ3) is 5.45. The Kier molecular flexibility index (Phi) is 6.32. The Morgan fingerprint density at radius 3 is 2.11 bits per heavy atom. The highest BCUT2D eigenvalue weighted by atomic mass is 32.2. The molecule has 0 unspecified atom stereocenters. The van der Waals surface area contributed by atoms with Gasteiger partial charge in [-0.15, -0.1) is 0 Å². The zero-order valence-electron chi connectivity index (χ0n) is 14.5. The van der Waals surface area contributed by atoms with Crippen LogP contribution >= 0.6 is 11.8 Å². The van der Waals surface area contributed by atoms with E-state index < -0.39 is 9.84 Å². The molecule has 0 aliphatic heterocycles. The minimum Gasteiger partial charge on any atom is -0.325 e. The minimum absolute atomic E-state index is 0.0957. The summed E-state index contributed by atoms with van der Waals surface area (Å²) in [5.74, 6) is -0.549. The standard InChI is InChI=1S/C21H19NO3S2/c23-21(15-16-27(24,25)18-11-5-2-6-12-18)22-19-13-7-8-14-20(19)26-17-9-3-1-4-10-17/h1-14H,15-16H2,(H,22,23). The Morgan fingerprint density at radius 2 is 1.41 bits per heavy atom. The summed E-state index contributed by atoms with van der Waals surface area (Å²) in [6.45, 7) is 0. The Morgan fingerprint density at radius 1 is 0.815 bits per heavy atom. The van der Waals surface area contributed by atoms with Crippen LogP contribution in [0, 0.1) is 0 Å². The summed E-state index contributed by atoms with van der Waals surface area (Å²) in [7, 11) is -3.47. The van der Waals surface area contributed by atoms with Crippen LogP contribution in [-0.2, 0) is 14.6 Å². The van der Waals surface area contributed by atoms with Gasteiger partial charge in [0.05, 0.1) is 16.3 Å². The first kappa shape index (κ1) is 19.2. The molecule has 0 spiro atoms. The molecule has 1 N–H and O–H groups in total. The zero-order chi connectivity index (χ0) is 19.1. The number of sulfone groups is 1. The first-order chi connectivity index (χ1) is 13.0. The third-order valence-corrected chi connectivity index (χ3v) is 6.65. The van der Waals surface area contributed by atoms with E-state index in [9.17, 15) is 13.2 Å². The maximum Gasteiger partial charge on any atom is 0.225 e. The second-order valence-corrected chi connectivity index (χ2v) is 9.07. The van der Waals surface area contributed by atoms with Gasteiger partial charge in [-0.1, -0.05) is 60.3 Å². The molecule has 0 saturated carbocycles. The largest absolute Gasteiger partial charge is 0.325 e. The molecular weight excluding hydrogens is 378 g/mol. The summed E-state index contributed by atoms with van der Waals surface area (Å²) in [5, 5.41) is 2.83. The maximum absolute atomic E-state index is 12.3. The smallest absolute Gasteiger partial charge is 0.225 e. The molecule has 0 radical (unpaired) electrons. The molecule has 0 aliphatic rings. The van der Waals surface area contributed by atoms with Crippen LogP contribution in [0.3, 0.4) is 0 Å². The number of amides is 1. The molecule has 0 saturated heterocycles. The molecule has 3 aromatic carbocycles. The van der Waals surface area contributed by atoms with Crippen molar-refractivity contribution >= 4 is 33.2 Å². The second kappa shape index (κ2) is 8.88. The number of hydrogen-bond acceptors (Lipinski definition) is 4. The molecule has 0 bridgehead atoms. The molecule has 0 aliphatic carbocycles. The van der Waals surface area contributed by atoms with Gasteiger partial charge in [0.25, 0.3) is 0 Å². The normalized spacial score (nSPS) is 11.1. The minimum atomic E-state index is -3.47. The van der Waals surface area contributed by atoms with Crippen molar-refractivity contribution in [3.8, 4) is 0 Å². The Balaban J connectivity index is 1.65. The molecule has 3 aromatic rings. The van der Waals surface area contributed by atoms with Gasteiger partial charge in [-0.3, -0.25) is 4.79 Å². The van der Waals surface area contributed by atoms with Gasteiger partial charge in [0, 0.05) is 16.2 Å². The van der Waals surface area contributed by atoms with Crippen molar-refractivity contribution in [2.45, 2.75) is 21.1 Å². The average molecular weight is 398 g/mol. The van der Waals surface area contributed by atoms with Crippen molar-refractivity contribution in [3.63, 3.8) is 0 Å². The first-order valence-electron chi connectivity index (χ1n) is 8.44. The van der Waals surface area contributed by atoms with Crippen molar-refractivity contribution in [2.75, 3.05) is 11.1 Å². The number of para-hydroxylation sites is 1. The van der Waals surface area contributed by atoms with Crippen molar-refractivity contribution < 1.29 is 13.2 Å². The Labute approximate surface area is 163 Å². The van der Waals surface area contributed by atoms with Gasteiger partial charge in [0.2, 0.25) is 5.91 Å². The van der Waals surface area contributed by atoms with Gasteiger partial charge < -0.3 is 5.32 Å². The van der Waals surface area contributed by atoms with Crippen molar-refractivity contribution in [1.82, 2.24) is 0 Å². The predicted octanol–water partition coefficient (Wildman–Crippen LogP) is 4.64. The summed E-state index contributed by atoms with van der Waals surface area (Å²) in [6.07, 6.45) is -0.0957. The van der Waals surface area contributed by atoms with E-state index in [2.05, 4.69) is 5.32 Å². The third-order valence-electron chi connectivity index (χ3n) is 3.83. The lowest BCUT2D eigenvalue weighted by Crippen LogP contribution is -2.17. The van der Waals surface area contributed by atoms with Gasteiger partial charge in [-0.05, 0) is 36.4 Å². The molecule has 0 aromatic heterocycles. The van der Waals surface area contributed by atoms with Crippen LogP contribution in [-0.4, -0.2) is 20.1 Å². The van der Waals surface area contributed by atoms with Crippen LogP contribution in [0.4, 0.5) is 5.69 Å². The predicted molar refractivity (Wildman–Crippen MR) is 109 cm³/mol. The maximum atomic E-state index is 12.3. The number of carbonyl (C=O) groups is 1. The lowest BCUT2D eigenvalue weighted by atomic mass is 10.3. The molecule has 3 rings (SSSR count). The zero-order valence-corrected chi connectivity index (χ0v) is 16.2. The van der Waals surface area contributed by atoms with Crippen LogP contribution in [0.2, 0.25) is 0 Å². The van der Waals surface area contributed by atoms with E-state index in [1.807, 2.05) is 54.6 Å². The summed E-state index contributed by atoms with van der Waals surface area (Å²) >= 11 is 1.54. The van der Waals surface area contributed by atoms with Crippen LogP contribution < -0.4 is 5.32 Å². The molecular formula is C21H19NO3S2. The van der Waals surface area contributed by atoms with E-state index in [1.165, 1.54) is 0 Å². The molecule has 0 heterocycles. The number of rotatable bonds is 7. The topological polar surface area (TPSA) is 63.2 Å². The number of carbonyl (C=O) groups excluding carboxylic acids is 1. The molecule has 0 fully saturated rings. The van der Waals surface area contributed by atoms with E-state index in [4.69, 9.17) is 0 Å². The van der Waals surface area contributed by atoms with E-state index in [0.29, 0.717) is 5.69 Å². The Hall–Kier alpha value is -2.57. The fourth-order valence-corrected chi connectivity index (χ4v) is 4.64. The van der Waals surface area contributed by atoms with Crippen molar-refractivity contribution in [3.05, 3.63) is 84.9 Å². The lowest BCUT2D eigenvalue weighted by Gasteiger charge is -2.11. The fraction of sp³-hybridized carbons (Fsp3) is 0.0952. The highest BCUT2D eigenvalue weighted by Gasteiger charge is 2.16. The number of hydrogen-bond donors (Lipinski definition) is 1. The molecule has 27 heavy (non-hydrogen) atoms. The average Bonchev–Trinajstić information content (AvgIpc) is 2.69. The second-order valence-electron chi connectivity index (χ2n) is 5.84. The van der Waals surface area contributed by atoms with Crippen LogP contribution in [0.1, 0.15) is 6.42 Å². The number of nitrogens with one attached hydrogen (secondary N) is 1. The highest BCUT2D eigenvalue weighted by Crippen LogP contribution is 2.33. The van der Waals surface area contributed by atoms with Crippen molar-refractivity contribution in [1.29, 1.82) is 0 Å². The number of benzene rings is 3. The fourth-order valence-electron chi connectivity index (χ4n) is 2.46. The first-order valence-corrected chi connectivity index (χ1v) is 10.9. The lowest BCUT2D eigenvalue weighted by molar-refractivity contribution is -0.115. The highest BCUT2D eigenvalue weighted by molar-refractivity contribution is 7.99. The Bertz CT molecular complexity index is 1000. The monoisotopic (exact) mass is 397 g/mol. The van der Waals surface area contributed by atoms with Gasteiger partial charge in [0.1, 0.15) is 0 Å². The molecule has 1 amide bonds. The van der Waals surface area contributed by atoms with Crippen LogP contribution in [0.5, 0.6) is 0 Å². The SMILES string of the molecule is O=C(CCS(=O)(=O)c1ccccc1)Nc1ccccc1Sc1ccccc1. The summed E-state index contributed by atoms with van der Waals surface area (Å²) in [6, 6.07) is 25.5. The molecule has 138 valence electrons. The molecule has 6 heteroatoms. The van der Waals surface area contributed by atoms with E-state index in [-0.39, 0.29) is 23.0 Å². The van der Waals surface area contributed by atoms with Gasteiger partial charge >= 0.3 is 0 Å². The van der Waals surface area contributed by atoms with Crippen LogP contribution in [0.25, 0.3) is 0 Å². The summed E-state index contributed by atoms with van der Waals surface area (Å²) < 4.78 is 24.6. The van der Waals surface area contributed by atoms with Crippen molar-refractivity contribution in [2.24, 2.45) is 0 Å². The van der Waals surface area contributed by atoms with E-state index in [1.54, 1.807) is 42.1 Å². The van der Waals surface area contributed by atoms with Gasteiger partial charge in [-0.2, -0.15) is 0 Å². The quantitative estimate of drug-likeness (QED) is 0.631. The van der Waals surface area contributed by atoms with Gasteiger partial charge in [0.15, 0.2) is 9.84 Å².